The Balaban J connectivity index is 1.86. The average molecular weight is 388 g/mol. The van der Waals surface area contributed by atoms with E-state index in [1.807, 2.05) is 71.6 Å². The second-order valence-electron chi connectivity index (χ2n) is 7.20. The first-order valence-corrected chi connectivity index (χ1v) is 9.93. The number of fused-ring (bicyclic) bond motifs is 3. The van der Waals surface area contributed by atoms with E-state index >= 15 is 0 Å². The van der Waals surface area contributed by atoms with Gasteiger partial charge in [0.1, 0.15) is 6.04 Å². The van der Waals surface area contributed by atoms with Gasteiger partial charge >= 0.3 is 0 Å². The predicted octanol–water partition coefficient (Wildman–Crippen LogP) is 4.11. The van der Waals surface area contributed by atoms with Crippen LogP contribution in [-0.2, 0) is 11.2 Å². The summed E-state index contributed by atoms with van der Waals surface area (Å²) in [5.41, 5.74) is 3.87. The highest BCUT2D eigenvalue weighted by molar-refractivity contribution is 5.97. The zero-order valence-electron chi connectivity index (χ0n) is 16.8. The molecule has 0 aliphatic carbocycles. The smallest absolute Gasteiger partial charge is 0.273 e. The van der Waals surface area contributed by atoms with Crippen molar-refractivity contribution in [3.8, 4) is 0 Å². The summed E-state index contributed by atoms with van der Waals surface area (Å²) in [4.78, 5) is 29.5. The van der Waals surface area contributed by atoms with Crippen LogP contribution in [0.2, 0.25) is 0 Å². The number of nitrogens with one attached hydrogen (secondary N) is 1. The second kappa shape index (κ2) is 7.54. The molecular weight excluding hydrogens is 364 g/mol. The first-order valence-electron chi connectivity index (χ1n) is 9.93. The summed E-state index contributed by atoms with van der Waals surface area (Å²) in [7, 11) is 0. The summed E-state index contributed by atoms with van der Waals surface area (Å²) in [5, 5.41) is 3.92. The molecule has 1 amide bonds. The number of hydrogen-bond donors (Lipinski definition) is 1. The maximum atomic E-state index is 13.3. The summed E-state index contributed by atoms with van der Waals surface area (Å²) in [6.45, 7) is 5.93. The van der Waals surface area contributed by atoms with Gasteiger partial charge in [0, 0.05) is 22.8 Å². The van der Waals surface area contributed by atoms with E-state index in [1.165, 1.54) is 11.6 Å². The van der Waals surface area contributed by atoms with Gasteiger partial charge < -0.3 is 5.32 Å². The number of carbonyl (C=O) groups excluding carboxylic acids is 1. The number of aromatic nitrogens is 3. The Labute approximate surface area is 168 Å². The molecule has 2 heterocycles. The van der Waals surface area contributed by atoms with E-state index in [1.54, 1.807) is 0 Å². The van der Waals surface area contributed by atoms with Crippen molar-refractivity contribution < 1.29 is 4.79 Å². The zero-order chi connectivity index (χ0) is 20.5. The lowest BCUT2D eigenvalue weighted by atomic mass is 10.1. The van der Waals surface area contributed by atoms with Crippen molar-refractivity contribution in [2.45, 2.75) is 39.7 Å². The number of nitrogens with zero attached hydrogens (tertiary/aromatic N) is 3. The van der Waals surface area contributed by atoms with E-state index in [9.17, 15) is 9.59 Å². The Morgan fingerprint density at radius 3 is 2.66 bits per heavy atom. The number of rotatable bonds is 5. The number of para-hydroxylation sites is 1. The first-order chi connectivity index (χ1) is 14.0. The third-order valence-corrected chi connectivity index (χ3v) is 5.28. The molecule has 0 bridgehead atoms. The molecule has 148 valence electrons. The summed E-state index contributed by atoms with van der Waals surface area (Å²) >= 11 is 0. The van der Waals surface area contributed by atoms with Gasteiger partial charge in [0.05, 0.1) is 5.52 Å². The van der Waals surface area contributed by atoms with E-state index in [0.717, 1.165) is 28.7 Å². The number of anilines is 1. The molecule has 6 heteroatoms. The van der Waals surface area contributed by atoms with Gasteiger partial charge in [-0.2, -0.15) is 4.98 Å². The Morgan fingerprint density at radius 1 is 1.10 bits per heavy atom. The molecule has 1 N–H and O–H groups in total. The molecule has 2 aromatic heterocycles. The molecule has 0 saturated carbocycles. The minimum Gasteiger partial charge on any atom is -0.324 e. The third-order valence-electron chi connectivity index (χ3n) is 5.28. The van der Waals surface area contributed by atoms with Gasteiger partial charge in [0.15, 0.2) is 5.65 Å². The molecule has 0 aliphatic heterocycles. The highest BCUT2D eigenvalue weighted by atomic mass is 16.2. The van der Waals surface area contributed by atoms with E-state index < -0.39 is 6.04 Å². The standard InChI is InChI=1S/C23H24N4O2/c1-4-16-9-8-10-17(14-16)24-23(29)19(5-2)27-20-12-7-6-11-18(20)22-25-21(28)13-15(3)26(22)27/h6-14,19H,4-5H2,1-3H3,(H,24,29)/t19-/m0/s1. The molecule has 4 aromatic rings. The van der Waals surface area contributed by atoms with Crippen LogP contribution in [0.25, 0.3) is 16.6 Å². The number of hydrogen-bond acceptors (Lipinski definition) is 3. The Morgan fingerprint density at radius 2 is 1.90 bits per heavy atom. The van der Waals surface area contributed by atoms with Crippen LogP contribution in [0.15, 0.2) is 59.4 Å². The lowest BCUT2D eigenvalue weighted by Crippen LogP contribution is -2.29. The van der Waals surface area contributed by atoms with Gasteiger partial charge in [0.25, 0.3) is 5.56 Å². The van der Waals surface area contributed by atoms with Gasteiger partial charge in [-0.1, -0.05) is 38.1 Å². The van der Waals surface area contributed by atoms with Crippen molar-refractivity contribution in [3.05, 3.63) is 76.2 Å². The summed E-state index contributed by atoms with van der Waals surface area (Å²) < 4.78 is 3.83. The Bertz CT molecular complexity index is 1270. The highest BCUT2D eigenvalue weighted by Crippen LogP contribution is 2.27. The number of amides is 1. The van der Waals surface area contributed by atoms with Crippen molar-refractivity contribution >= 4 is 28.1 Å². The van der Waals surface area contributed by atoms with Crippen molar-refractivity contribution in [2.75, 3.05) is 5.32 Å². The number of benzene rings is 2. The fourth-order valence-corrected chi connectivity index (χ4v) is 3.88. The normalized spacial score (nSPS) is 12.4. The Hall–Kier alpha value is -3.41. The number of carbonyl (C=O) groups is 1. The fraction of sp³-hybridized carbons (Fsp3) is 0.261. The van der Waals surface area contributed by atoms with Crippen molar-refractivity contribution in [3.63, 3.8) is 0 Å². The molecule has 4 rings (SSSR count). The molecule has 0 fully saturated rings. The van der Waals surface area contributed by atoms with E-state index in [0.29, 0.717) is 12.1 Å². The van der Waals surface area contributed by atoms with Crippen LogP contribution in [0, 0.1) is 6.92 Å². The van der Waals surface area contributed by atoms with Gasteiger partial charge in [0.2, 0.25) is 5.91 Å². The summed E-state index contributed by atoms with van der Waals surface area (Å²) in [5.74, 6) is -0.0958. The lowest BCUT2D eigenvalue weighted by Gasteiger charge is -2.20. The molecular formula is C23H24N4O2. The van der Waals surface area contributed by atoms with Crippen molar-refractivity contribution in [1.29, 1.82) is 0 Å². The summed E-state index contributed by atoms with van der Waals surface area (Å²) in [6.07, 6.45) is 1.50. The lowest BCUT2D eigenvalue weighted by molar-refractivity contribution is -0.119. The maximum Gasteiger partial charge on any atom is 0.273 e. The van der Waals surface area contributed by atoms with Crippen LogP contribution in [0.3, 0.4) is 0 Å². The van der Waals surface area contributed by atoms with Gasteiger partial charge in [-0.3, -0.25) is 14.3 Å². The molecule has 0 spiro atoms. The van der Waals surface area contributed by atoms with Crippen LogP contribution < -0.4 is 10.9 Å². The molecule has 2 aromatic carbocycles. The minimum atomic E-state index is -0.453. The highest BCUT2D eigenvalue weighted by Gasteiger charge is 2.25. The average Bonchev–Trinajstić information content (AvgIpc) is 3.03. The molecule has 0 radical (unpaired) electrons. The maximum absolute atomic E-state index is 13.3. The fourth-order valence-electron chi connectivity index (χ4n) is 3.88. The quantitative estimate of drug-likeness (QED) is 0.559. The molecule has 0 aliphatic rings. The van der Waals surface area contributed by atoms with Crippen molar-refractivity contribution in [2.24, 2.45) is 0 Å². The van der Waals surface area contributed by atoms with Crippen LogP contribution in [0.4, 0.5) is 5.69 Å². The van der Waals surface area contributed by atoms with Crippen LogP contribution >= 0.6 is 0 Å². The monoisotopic (exact) mass is 388 g/mol. The van der Waals surface area contributed by atoms with Crippen LogP contribution in [0.5, 0.6) is 0 Å². The minimum absolute atomic E-state index is 0.0958. The van der Waals surface area contributed by atoms with Gasteiger partial charge in [-0.15, -0.1) is 0 Å². The Kier molecular flexibility index (Phi) is 4.92. The molecule has 29 heavy (non-hydrogen) atoms. The zero-order valence-corrected chi connectivity index (χ0v) is 16.8. The topological polar surface area (TPSA) is 68.4 Å². The first kappa shape index (κ1) is 18.9. The van der Waals surface area contributed by atoms with Crippen LogP contribution in [0.1, 0.15) is 37.6 Å². The second-order valence-corrected chi connectivity index (χ2v) is 7.20. The van der Waals surface area contributed by atoms with Crippen LogP contribution in [-0.4, -0.2) is 20.1 Å². The van der Waals surface area contributed by atoms with Gasteiger partial charge in [-0.25, -0.2) is 4.52 Å². The van der Waals surface area contributed by atoms with Crippen molar-refractivity contribution in [1.82, 2.24) is 14.2 Å². The summed E-state index contributed by atoms with van der Waals surface area (Å²) in [6, 6.07) is 16.7. The van der Waals surface area contributed by atoms with Gasteiger partial charge in [-0.05, 0) is 49.6 Å². The molecule has 0 saturated heterocycles. The van der Waals surface area contributed by atoms with E-state index in [-0.39, 0.29) is 11.5 Å². The number of aryl methyl sites for hydroxylation is 2. The van der Waals surface area contributed by atoms with E-state index in [2.05, 4.69) is 17.2 Å². The molecule has 1 atom stereocenters. The third kappa shape index (κ3) is 3.31. The van der Waals surface area contributed by atoms with E-state index in [4.69, 9.17) is 0 Å². The predicted molar refractivity (Wildman–Crippen MR) is 115 cm³/mol. The SMILES string of the molecule is CCc1cccc(NC(=O)[C@H](CC)n2c3ccccc3c3nc(=O)cc(C)n32)c1. The molecule has 0 unspecified atom stereocenters. The molecule has 6 nitrogen and oxygen atoms in total. The largest absolute Gasteiger partial charge is 0.324 e.